The Labute approximate surface area is 140 Å². The number of carbonyl (C=O) groups is 2. The average Bonchev–Trinajstić information content (AvgIpc) is 2.62. The second kappa shape index (κ2) is 7.21. The molecule has 1 aliphatic heterocycles. The zero-order chi connectivity index (χ0) is 16.9. The summed E-state index contributed by atoms with van der Waals surface area (Å²) in [5.74, 6) is 0.478. The molecule has 1 aliphatic rings. The molecular weight excluding hydrogens is 304 g/mol. The van der Waals surface area contributed by atoms with E-state index in [4.69, 9.17) is 0 Å². The number of rotatable bonds is 4. The molecule has 0 spiro atoms. The number of nitrogens with one attached hydrogen (secondary N) is 1. The summed E-state index contributed by atoms with van der Waals surface area (Å²) in [5.41, 5.74) is 1.76. The molecule has 0 aliphatic carbocycles. The van der Waals surface area contributed by atoms with E-state index in [0.717, 1.165) is 31.6 Å². The van der Waals surface area contributed by atoms with Gasteiger partial charge in [0.2, 0.25) is 0 Å². The average molecular weight is 324 g/mol. The summed E-state index contributed by atoms with van der Waals surface area (Å²) in [6, 6.07) is 8.83. The standard InChI is InChI=1S/C18H20N4O2/c1-13(23)14-6-5-7-15(10-14)21-17-11-16(19-12-20-17)18(24)22-8-3-2-4-9-22/h5-7,10-12H,2-4,8-9H2,1H3,(H,19,20,21). The van der Waals surface area contributed by atoms with Crippen LogP contribution in [0.2, 0.25) is 0 Å². The number of carbonyl (C=O) groups excluding carboxylic acids is 2. The summed E-state index contributed by atoms with van der Waals surface area (Å²) in [5, 5.41) is 3.12. The van der Waals surface area contributed by atoms with Gasteiger partial charge in [0, 0.05) is 30.4 Å². The second-order valence-corrected chi connectivity index (χ2v) is 5.90. The van der Waals surface area contributed by atoms with Crippen molar-refractivity contribution in [2.24, 2.45) is 0 Å². The zero-order valence-electron chi connectivity index (χ0n) is 13.7. The number of anilines is 2. The Kier molecular flexibility index (Phi) is 4.84. The van der Waals surface area contributed by atoms with E-state index >= 15 is 0 Å². The van der Waals surface area contributed by atoms with Crippen LogP contribution in [0.15, 0.2) is 36.7 Å². The van der Waals surface area contributed by atoms with Crippen LogP contribution in [0.5, 0.6) is 0 Å². The molecule has 24 heavy (non-hydrogen) atoms. The number of piperidine rings is 1. The van der Waals surface area contributed by atoms with Crippen LogP contribution in [-0.2, 0) is 0 Å². The van der Waals surface area contributed by atoms with Gasteiger partial charge in [0.15, 0.2) is 5.78 Å². The first-order valence-electron chi connectivity index (χ1n) is 8.13. The number of amides is 1. The number of ketones is 1. The molecule has 6 nitrogen and oxygen atoms in total. The Bertz CT molecular complexity index is 754. The van der Waals surface area contributed by atoms with Gasteiger partial charge in [-0.15, -0.1) is 0 Å². The minimum atomic E-state index is -0.0577. The number of aromatic nitrogens is 2. The number of nitrogens with zero attached hydrogens (tertiary/aromatic N) is 3. The van der Waals surface area contributed by atoms with Crippen molar-refractivity contribution in [1.82, 2.24) is 14.9 Å². The molecule has 124 valence electrons. The van der Waals surface area contributed by atoms with Gasteiger partial charge in [-0.25, -0.2) is 9.97 Å². The lowest BCUT2D eigenvalue weighted by Gasteiger charge is -2.26. The number of hydrogen-bond acceptors (Lipinski definition) is 5. The third kappa shape index (κ3) is 3.76. The van der Waals surface area contributed by atoms with Crippen molar-refractivity contribution in [1.29, 1.82) is 0 Å². The Morgan fingerprint density at radius 1 is 1.08 bits per heavy atom. The van der Waals surface area contributed by atoms with E-state index in [2.05, 4.69) is 15.3 Å². The van der Waals surface area contributed by atoms with E-state index in [-0.39, 0.29) is 11.7 Å². The lowest BCUT2D eigenvalue weighted by molar-refractivity contribution is 0.0718. The maximum atomic E-state index is 12.5. The fourth-order valence-corrected chi connectivity index (χ4v) is 2.77. The van der Waals surface area contributed by atoms with Crippen molar-refractivity contribution < 1.29 is 9.59 Å². The summed E-state index contributed by atoms with van der Waals surface area (Å²) in [6.45, 7) is 3.09. The van der Waals surface area contributed by atoms with Crippen LogP contribution in [0.1, 0.15) is 47.0 Å². The molecule has 6 heteroatoms. The Morgan fingerprint density at radius 3 is 2.62 bits per heavy atom. The molecule has 0 unspecified atom stereocenters. The molecule has 1 aromatic carbocycles. The molecule has 1 fully saturated rings. The maximum absolute atomic E-state index is 12.5. The number of likely N-dealkylation sites (tertiary alicyclic amines) is 1. The van der Waals surface area contributed by atoms with Crippen LogP contribution in [0, 0.1) is 0 Å². The molecule has 0 bridgehead atoms. The number of Topliss-reactive ketones (excluding diaryl/α,β-unsaturated/α-hetero) is 1. The number of hydrogen-bond donors (Lipinski definition) is 1. The molecule has 0 saturated carbocycles. The second-order valence-electron chi connectivity index (χ2n) is 5.90. The third-order valence-electron chi connectivity index (χ3n) is 4.07. The van der Waals surface area contributed by atoms with Crippen LogP contribution in [0.4, 0.5) is 11.5 Å². The van der Waals surface area contributed by atoms with Gasteiger partial charge in [-0.3, -0.25) is 9.59 Å². The Hall–Kier alpha value is -2.76. The summed E-state index contributed by atoms with van der Waals surface area (Å²) in [4.78, 5) is 34.1. The third-order valence-corrected chi connectivity index (χ3v) is 4.07. The summed E-state index contributed by atoms with van der Waals surface area (Å²) in [7, 11) is 0. The fourth-order valence-electron chi connectivity index (χ4n) is 2.77. The lowest BCUT2D eigenvalue weighted by Crippen LogP contribution is -2.36. The molecule has 3 rings (SSSR count). The van der Waals surface area contributed by atoms with Gasteiger partial charge in [-0.05, 0) is 38.3 Å². The van der Waals surface area contributed by atoms with Gasteiger partial charge in [0.1, 0.15) is 17.8 Å². The predicted octanol–water partition coefficient (Wildman–Crippen LogP) is 3.05. The molecule has 2 aromatic rings. The molecule has 1 saturated heterocycles. The highest BCUT2D eigenvalue weighted by molar-refractivity contribution is 5.95. The maximum Gasteiger partial charge on any atom is 0.272 e. The minimum Gasteiger partial charge on any atom is -0.340 e. The van der Waals surface area contributed by atoms with Gasteiger partial charge >= 0.3 is 0 Å². The summed E-state index contributed by atoms with van der Waals surface area (Å²) >= 11 is 0. The Balaban J connectivity index is 1.76. The van der Waals surface area contributed by atoms with E-state index < -0.39 is 0 Å². The van der Waals surface area contributed by atoms with E-state index in [1.165, 1.54) is 19.7 Å². The highest BCUT2D eigenvalue weighted by atomic mass is 16.2. The SMILES string of the molecule is CC(=O)c1cccc(Nc2cc(C(=O)N3CCCCC3)ncn2)c1. The molecule has 2 heterocycles. The molecular formula is C18H20N4O2. The van der Waals surface area contributed by atoms with Crippen LogP contribution in [0.25, 0.3) is 0 Å². The fraction of sp³-hybridized carbons (Fsp3) is 0.333. The molecule has 1 N–H and O–H groups in total. The first-order chi connectivity index (χ1) is 11.6. The van der Waals surface area contributed by atoms with Gasteiger partial charge < -0.3 is 10.2 Å². The van der Waals surface area contributed by atoms with E-state index in [1.54, 1.807) is 24.3 Å². The van der Waals surface area contributed by atoms with Crippen LogP contribution in [0.3, 0.4) is 0 Å². The van der Waals surface area contributed by atoms with Crippen molar-refractivity contribution in [3.8, 4) is 0 Å². The van der Waals surface area contributed by atoms with E-state index in [1.807, 2.05) is 11.0 Å². The monoisotopic (exact) mass is 324 g/mol. The molecule has 1 aromatic heterocycles. The molecule has 1 amide bonds. The van der Waals surface area contributed by atoms with Crippen molar-refractivity contribution in [3.05, 3.63) is 47.9 Å². The minimum absolute atomic E-state index is 0.00213. The largest absolute Gasteiger partial charge is 0.340 e. The van der Waals surface area contributed by atoms with Crippen molar-refractivity contribution in [2.45, 2.75) is 26.2 Å². The predicted molar refractivity (Wildman–Crippen MR) is 91.5 cm³/mol. The highest BCUT2D eigenvalue weighted by Crippen LogP contribution is 2.18. The quantitative estimate of drug-likeness (QED) is 0.875. The summed E-state index contributed by atoms with van der Waals surface area (Å²) in [6.07, 6.45) is 4.64. The highest BCUT2D eigenvalue weighted by Gasteiger charge is 2.19. The molecule has 0 radical (unpaired) electrons. The Morgan fingerprint density at radius 2 is 1.88 bits per heavy atom. The normalized spacial score (nSPS) is 14.3. The number of benzene rings is 1. The van der Waals surface area contributed by atoms with Gasteiger partial charge in [-0.2, -0.15) is 0 Å². The van der Waals surface area contributed by atoms with Gasteiger partial charge in [0.05, 0.1) is 0 Å². The zero-order valence-corrected chi connectivity index (χ0v) is 13.7. The van der Waals surface area contributed by atoms with Crippen molar-refractivity contribution >= 4 is 23.2 Å². The van der Waals surface area contributed by atoms with Gasteiger partial charge in [-0.1, -0.05) is 12.1 Å². The van der Waals surface area contributed by atoms with Crippen LogP contribution < -0.4 is 5.32 Å². The lowest BCUT2D eigenvalue weighted by atomic mass is 10.1. The van der Waals surface area contributed by atoms with Crippen LogP contribution in [-0.4, -0.2) is 39.6 Å². The van der Waals surface area contributed by atoms with Gasteiger partial charge in [0.25, 0.3) is 5.91 Å². The molecule has 0 atom stereocenters. The smallest absolute Gasteiger partial charge is 0.272 e. The topological polar surface area (TPSA) is 75.2 Å². The summed E-state index contributed by atoms with van der Waals surface area (Å²) < 4.78 is 0. The van der Waals surface area contributed by atoms with Crippen molar-refractivity contribution in [2.75, 3.05) is 18.4 Å². The first kappa shape index (κ1) is 16.1. The van der Waals surface area contributed by atoms with Crippen LogP contribution >= 0.6 is 0 Å². The van der Waals surface area contributed by atoms with Crippen molar-refractivity contribution in [3.63, 3.8) is 0 Å². The van der Waals surface area contributed by atoms with E-state index in [0.29, 0.717) is 17.1 Å². The van der Waals surface area contributed by atoms with E-state index in [9.17, 15) is 9.59 Å². The first-order valence-corrected chi connectivity index (χ1v) is 8.13.